The summed E-state index contributed by atoms with van der Waals surface area (Å²) in [5.74, 6) is 0. The molecule has 0 radical (unpaired) electrons. The molecule has 0 saturated carbocycles. The first-order chi connectivity index (χ1) is 10.3. The van der Waals surface area contributed by atoms with Gasteiger partial charge in [0.1, 0.15) is 0 Å². The number of nitrogens with one attached hydrogen (secondary N) is 1. The third kappa shape index (κ3) is 3.14. The molecule has 3 nitrogen and oxygen atoms in total. The highest BCUT2D eigenvalue weighted by Crippen LogP contribution is 2.34. The molecule has 1 fully saturated rings. The quantitative estimate of drug-likeness (QED) is 0.915. The van der Waals surface area contributed by atoms with Gasteiger partial charge in [-0.15, -0.1) is 0 Å². The van der Waals surface area contributed by atoms with Crippen LogP contribution in [-0.4, -0.2) is 23.2 Å². The van der Waals surface area contributed by atoms with Crippen LogP contribution in [-0.2, 0) is 11.2 Å². The van der Waals surface area contributed by atoms with Crippen LogP contribution in [0.2, 0.25) is 0 Å². The van der Waals surface area contributed by atoms with E-state index in [1.54, 1.807) is 0 Å². The summed E-state index contributed by atoms with van der Waals surface area (Å²) in [5.41, 5.74) is 2.82. The molecular formula is C18H28N2O. The van der Waals surface area contributed by atoms with Gasteiger partial charge in [0.15, 0.2) is 0 Å². The first-order valence-electron chi connectivity index (χ1n) is 8.60. The summed E-state index contributed by atoms with van der Waals surface area (Å²) in [6.07, 6.45) is 10.1. The smallest absolute Gasteiger partial charge is 0.0692 e. The highest BCUT2D eigenvalue weighted by molar-refractivity contribution is 5.25. The first kappa shape index (κ1) is 15.0. The molecule has 1 saturated heterocycles. The van der Waals surface area contributed by atoms with Crippen LogP contribution in [0.5, 0.6) is 0 Å². The maximum atomic E-state index is 6.10. The van der Waals surface area contributed by atoms with Crippen LogP contribution in [0.15, 0.2) is 18.3 Å². The standard InChI is InChI=1S/C18H28N2O/c1-3-18(4-2)13-15(10-12-21-18)20-16-9-5-7-14-8-6-11-19-17(14)16/h6,8,11,15-16,20H,3-5,7,9-10,12-13H2,1-2H3. The fraction of sp³-hybridized carbons (Fsp3) is 0.722. The molecule has 3 heteroatoms. The highest BCUT2D eigenvalue weighted by atomic mass is 16.5. The van der Waals surface area contributed by atoms with Crippen molar-refractivity contribution < 1.29 is 4.74 Å². The lowest BCUT2D eigenvalue weighted by molar-refractivity contribution is -0.0943. The number of ether oxygens (including phenoxy) is 1. The molecule has 1 aliphatic heterocycles. The van der Waals surface area contributed by atoms with Crippen LogP contribution in [0.4, 0.5) is 0 Å². The fourth-order valence-corrected chi connectivity index (χ4v) is 3.97. The number of rotatable bonds is 4. The van der Waals surface area contributed by atoms with Gasteiger partial charge in [0.25, 0.3) is 0 Å². The average Bonchev–Trinajstić information content (AvgIpc) is 2.55. The van der Waals surface area contributed by atoms with Gasteiger partial charge in [0.2, 0.25) is 0 Å². The molecule has 0 amide bonds. The Morgan fingerprint density at radius 2 is 2.19 bits per heavy atom. The number of aromatic nitrogens is 1. The molecule has 2 unspecified atom stereocenters. The molecule has 1 aromatic rings. The molecule has 21 heavy (non-hydrogen) atoms. The molecule has 3 rings (SSSR count). The van der Waals surface area contributed by atoms with E-state index in [4.69, 9.17) is 4.74 Å². The third-order valence-corrected chi connectivity index (χ3v) is 5.41. The predicted molar refractivity (Wildman–Crippen MR) is 85.3 cm³/mol. The van der Waals surface area contributed by atoms with Crippen molar-refractivity contribution in [2.24, 2.45) is 0 Å². The van der Waals surface area contributed by atoms with Crippen molar-refractivity contribution in [2.45, 2.75) is 76.5 Å². The van der Waals surface area contributed by atoms with Crippen LogP contribution < -0.4 is 5.32 Å². The molecule has 0 spiro atoms. The van der Waals surface area contributed by atoms with Gasteiger partial charge in [-0.3, -0.25) is 4.98 Å². The van der Waals surface area contributed by atoms with Crippen molar-refractivity contribution in [3.63, 3.8) is 0 Å². The maximum Gasteiger partial charge on any atom is 0.0692 e. The summed E-state index contributed by atoms with van der Waals surface area (Å²) in [7, 11) is 0. The molecule has 0 aromatic carbocycles. The van der Waals surface area contributed by atoms with Gasteiger partial charge in [-0.25, -0.2) is 0 Å². The molecule has 2 heterocycles. The van der Waals surface area contributed by atoms with Gasteiger partial charge < -0.3 is 10.1 Å². The van der Waals surface area contributed by atoms with Gasteiger partial charge in [0, 0.05) is 24.9 Å². The Kier molecular flexibility index (Phi) is 4.60. The minimum Gasteiger partial charge on any atom is -0.375 e. The zero-order valence-electron chi connectivity index (χ0n) is 13.4. The van der Waals surface area contributed by atoms with E-state index in [0.717, 1.165) is 32.3 Å². The molecule has 116 valence electrons. The normalized spacial score (nSPS) is 28.1. The Balaban J connectivity index is 1.70. The summed E-state index contributed by atoms with van der Waals surface area (Å²) < 4.78 is 6.10. The van der Waals surface area contributed by atoms with Crippen LogP contribution in [0, 0.1) is 0 Å². The van der Waals surface area contributed by atoms with Gasteiger partial charge in [-0.1, -0.05) is 19.9 Å². The summed E-state index contributed by atoms with van der Waals surface area (Å²) in [6, 6.07) is 5.30. The number of hydrogen-bond acceptors (Lipinski definition) is 3. The van der Waals surface area contributed by atoms with Gasteiger partial charge in [-0.2, -0.15) is 0 Å². The van der Waals surface area contributed by atoms with E-state index in [0.29, 0.717) is 12.1 Å². The largest absolute Gasteiger partial charge is 0.375 e. The first-order valence-corrected chi connectivity index (χ1v) is 8.60. The molecule has 1 aromatic heterocycles. The Bertz CT molecular complexity index is 470. The zero-order valence-corrected chi connectivity index (χ0v) is 13.4. The van der Waals surface area contributed by atoms with Crippen LogP contribution in [0.3, 0.4) is 0 Å². The van der Waals surface area contributed by atoms with Gasteiger partial charge in [-0.05, 0) is 56.6 Å². The Morgan fingerprint density at radius 1 is 1.33 bits per heavy atom. The molecule has 2 aliphatic rings. The lowest BCUT2D eigenvalue weighted by Crippen LogP contribution is -2.47. The van der Waals surface area contributed by atoms with Crippen molar-refractivity contribution >= 4 is 0 Å². The fourth-order valence-electron chi connectivity index (χ4n) is 3.97. The van der Waals surface area contributed by atoms with Crippen molar-refractivity contribution in [3.8, 4) is 0 Å². The number of fused-ring (bicyclic) bond motifs is 1. The second-order valence-corrected chi connectivity index (χ2v) is 6.59. The van der Waals surface area contributed by atoms with E-state index in [-0.39, 0.29) is 5.60 Å². The average molecular weight is 288 g/mol. The summed E-state index contributed by atoms with van der Waals surface area (Å²) in [6.45, 7) is 5.40. The minimum absolute atomic E-state index is 0.0948. The van der Waals surface area contributed by atoms with Crippen LogP contribution >= 0.6 is 0 Å². The Hall–Kier alpha value is -0.930. The van der Waals surface area contributed by atoms with Crippen molar-refractivity contribution in [1.82, 2.24) is 10.3 Å². The van der Waals surface area contributed by atoms with E-state index >= 15 is 0 Å². The van der Waals surface area contributed by atoms with E-state index in [1.807, 2.05) is 6.20 Å². The minimum atomic E-state index is 0.0948. The molecule has 1 aliphatic carbocycles. The summed E-state index contributed by atoms with van der Waals surface area (Å²) in [4.78, 5) is 4.65. The van der Waals surface area contributed by atoms with Crippen LogP contribution in [0.25, 0.3) is 0 Å². The van der Waals surface area contributed by atoms with Crippen molar-refractivity contribution in [1.29, 1.82) is 0 Å². The maximum absolute atomic E-state index is 6.10. The van der Waals surface area contributed by atoms with E-state index in [9.17, 15) is 0 Å². The molecular weight excluding hydrogens is 260 g/mol. The predicted octanol–water partition coefficient (Wildman–Crippen LogP) is 3.79. The lowest BCUT2D eigenvalue weighted by Gasteiger charge is -2.42. The summed E-state index contributed by atoms with van der Waals surface area (Å²) in [5, 5.41) is 3.89. The Labute approximate surface area is 128 Å². The third-order valence-electron chi connectivity index (χ3n) is 5.41. The SMILES string of the molecule is CCC1(CC)CC(NC2CCCc3cccnc32)CCO1. The van der Waals surface area contributed by atoms with E-state index in [2.05, 4.69) is 36.3 Å². The lowest BCUT2D eigenvalue weighted by atomic mass is 9.84. The van der Waals surface area contributed by atoms with Gasteiger partial charge >= 0.3 is 0 Å². The number of aryl methyl sites for hydroxylation is 1. The monoisotopic (exact) mass is 288 g/mol. The van der Waals surface area contributed by atoms with E-state index < -0.39 is 0 Å². The molecule has 0 bridgehead atoms. The highest BCUT2D eigenvalue weighted by Gasteiger charge is 2.35. The number of pyridine rings is 1. The zero-order chi connectivity index (χ0) is 14.7. The second-order valence-electron chi connectivity index (χ2n) is 6.59. The van der Waals surface area contributed by atoms with Crippen LogP contribution in [0.1, 0.15) is 69.7 Å². The van der Waals surface area contributed by atoms with Crippen molar-refractivity contribution in [3.05, 3.63) is 29.6 Å². The topological polar surface area (TPSA) is 34.2 Å². The number of nitrogens with zero attached hydrogens (tertiary/aromatic N) is 1. The Morgan fingerprint density at radius 3 is 3.00 bits per heavy atom. The molecule has 2 atom stereocenters. The molecule has 1 N–H and O–H groups in total. The number of hydrogen-bond donors (Lipinski definition) is 1. The van der Waals surface area contributed by atoms with Crippen molar-refractivity contribution in [2.75, 3.05) is 6.61 Å². The van der Waals surface area contributed by atoms with Gasteiger partial charge in [0.05, 0.1) is 11.3 Å². The van der Waals surface area contributed by atoms with E-state index in [1.165, 1.54) is 30.5 Å². The summed E-state index contributed by atoms with van der Waals surface area (Å²) >= 11 is 0. The second kappa shape index (κ2) is 6.45.